The van der Waals surface area contributed by atoms with Crippen molar-refractivity contribution in [2.45, 2.75) is 0 Å². The molecule has 1 radical (unpaired) electrons. The fourth-order valence-electron chi connectivity index (χ4n) is 1.20. The molecule has 0 aliphatic rings. The molecule has 0 aliphatic carbocycles. The van der Waals surface area contributed by atoms with Crippen LogP contribution in [0, 0.1) is 0 Å². The van der Waals surface area contributed by atoms with Crippen molar-refractivity contribution in [1.29, 1.82) is 0 Å². The van der Waals surface area contributed by atoms with Crippen molar-refractivity contribution in [3.8, 4) is 0 Å². The van der Waals surface area contributed by atoms with Crippen molar-refractivity contribution in [3.63, 3.8) is 0 Å². The van der Waals surface area contributed by atoms with Gasteiger partial charge in [-0.25, -0.2) is 5.32 Å². The maximum absolute atomic E-state index is 5.58. The number of nitrogens with zero attached hydrogens (tertiary/aromatic N) is 1. The molecule has 0 spiro atoms. The molecule has 2 heteroatoms. The Morgan fingerprint density at radius 3 is 1.93 bits per heavy atom. The highest BCUT2D eigenvalue weighted by Gasteiger charge is 1.94. The molecule has 14 heavy (non-hydrogen) atoms. The summed E-state index contributed by atoms with van der Waals surface area (Å²) in [6, 6.07) is 17.4. The van der Waals surface area contributed by atoms with Gasteiger partial charge in [-0.2, -0.15) is 0 Å². The summed E-state index contributed by atoms with van der Waals surface area (Å²) in [5.74, 6) is 0. The largest absolute Gasteiger partial charge is 0.399 e. The normalized spacial score (nSPS) is 9.71. The molecule has 0 unspecified atom stereocenters. The van der Waals surface area contributed by atoms with Crippen LogP contribution in [0.2, 0.25) is 0 Å². The summed E-state index contributed by atoms with van der Waals surface area (Å²) in [5.41, 5.74) is 8.22. The Labute approximate surface area is 83.4 Å². The molecule has 0 amide bonds. The van der Waals surface area contributed by atoms with Crippen LogP contribution >= 0.6 is 0 Å². The van der Waals surface area contributed by atoms with Gasteiger partial charge in [-0.05, 0) is 36.4 Å². The smallest absolute Gasteiger partial charge is 0.0638 e. The Balaban J connectivity index is 2.16. The van der Waals surface area contributed by atoms with E-state index in [-0.39, 0.29) is 0 Å². The number of rotatable bonds is 2. The molecule has 0 bridgehead atoms. The molecule has 0 heterocycles. The van der Waals surface area contributed by atoms with E-state index in [2.05, 4.69) is 5.32 Å². The summed E-state index contributed by atoms with van der Waals surface area (Å²) < 4.78 is 0. The predicted molar refractivity (Wildman–Crippen MR) is 58.8 cm³/mol. The lowest BCUT2D eigenvalue weighted by molar-refractivity contribution is 1.19. The molecule has 69 valence electrons. The summed E-state index contributed by atoms with van der Waals surface area (Å²) in [4.78, 5) is 0. The summed E-state index contributed by atoms with van der Waals surface area (Å²) in [7, 11) is 0. The van der Waals surface area contributed by atoms with Crippen LogP contribution in [0.3, 0.4) is 0 Å². The number of hydrogen-bond donors (Lipinski definition) is 1. The lowest BCUT2D eigenvalue weighted by Crippen LogP contribution is -1.89. The number of hydrogen-bond acceptors (Lipinski definition) is 1. The van der Waals surface area contributed by atoms with E-state index in [1.54, 1.807) is 0 Å². The van der Waals surface area contributed by atoms with E-state index in [1.807, 2.05) is 54.6 Å². The third-order valence-corrected chi connectivity index (χ3v) is 1.91. The van der Waals surface area contributed by atoms with Crippen LogP contribution < -0.4 is 11.1 Å². The van der Waals surface area contributed by atoms with E-state index in [1.165, 1.54) is 0 Å². The van der Waals surface area contributed by atoms with Crippen LogP contribution in [-0.2, 0) is 0 Å². The van der Waals surface area contributed by atoms with E-state index in [4.69, 9.17) is 5.73 Å². The monoisotopic (exact) mass is 183 g/mol. The van der Waals surface area contributed by atoms with Crippen molar-refractivity contribution in [2.24, 2.45) is 0 Å². The topological polar surface area (TPSA) is 40.1 Å². The maximum atomic E-state index is 5.58. The molecule has 2 aromatic rings. The quantitative estimate of drug-likeness (QED) is 0.714. The third-order valence-electron chi connectivity index (χ3n) is 1.91. The number of benzene rings is 2. The highest BCUT2D eigenvalue weighted by Crippen LogP contribution is 2.17. The SMILES string of the molecule is Nc1ccc([N]c2ccccc2)cc1. The highest BCUT2D eigenvalue weighted by atomic mass is 14.9. The van der Waals surface area contributed by atoms with E-state index in [0.29, 0.717) is 0 Å². The van der Waals surface area contributed by atoms with Gasteiger partial charge in [0.15, 0.2) is 0 Å². The van der Waals surface area contributed by atoms with Gasteiger partial charge >= 0.3 is 0 Å². The van der Waals surface area contributed by atoms with E-state index in [0.717, 1.165) is 17.1 Å². The fourth-order valence-corrected chi connectivity index (χ4v) is 1.20. The summed E-state index contributed by atoms with van der Waals surface area (Å²) >= 11 is 0. The standard InChI is InChI=1S/C12H11N2/c13-10-6-8-12(9-7-10)14-11-4-2-1-3-5-11/h1-9H,13H2. The summed E-state index contributed by atoms with van der Waals surface area (Å²) in [5, 5.41) is 4.43. The molecule has 2 N–H and O–H groups in total. The molecule has 2 aromatic carbocycles. The minimum atomic E-state index is 0.761. The Bertz CT molecular complexity index is 392. The first-order valence-corrected chi connectivity index (χ1v) is 4.47. The zero-order chi connectivity index (χ0) is 9.80. The van der Waals surface area contributed by atoms with Crippen LogP contribution in [0.15, 0.2) is 54.6 Å². The number of anilines is 1. The maximum Gasteiger partial charge on any atom is 0.0638 e. The van der Waals surface area contributed by atoms with Gasteiger partial charge in [0.05, 0.1) is 11.4 Å². The van der Waals surface area contributed by atoms with Crippen LogP contribution in [0.1, 0.15) is 0 Å². The Kier molecular flexibility index (Phi) is 2.36. The molecule has 2 nitrogen and oxygen atoms in total. The van der Waals surface area contributed by atoms with Crippen molar-refractivity contribution < 1.29 is 0 Å². The first-order chi connectivity index (χ1) is 6.84. The van der Waals surface area contributed by atoms with Crippen LogP contribution in [0.5, 0.6) is 0 Å². The average molecular weight is 183 g/mol. The Morgan fingerprint density at radius 2 is 1.29 bits per heavy atom. The van der Waals surface area contributed by atoms with Gasteiger partial charge in [-0.3, -0.25) is 0 Å². The van der Waals surface area contributed by atoms with E-state index in [9.17, 15) is 0 Å². The predicted octanol–water partition coefficient (Wildman–Crippen LogP) is 2.84. The highest BCUT2D eigenvalue weighted by molar-refractivity contribution is 5.52. The zero-order valence-corrected chi connectivity index (χ0v) is 7.72. The first-order valence-electron chi connectivity index (χ1n) is 4.47. The molecule has 0 aromatic heterocycles. The van der Waals surface area contributed by atoms with Gasteiger partial charge in [0.2, 0.25) is 0 Å². The van der Waals surface area contributed by atoms with Crippen LogP contribution in [-0.4, -0.2) is 0 Å². The van der Waals surface area contributed by atoms with Crippen LogP contribution in [0.25, 0.3) is 0 Å². The minimum Gasteiger partial charge on any atom is -0.399 e. The molecule has 0 saturated carbocycles. The van der Waals surface area contributed by atoms with E-state index < -0.39 is 0 Å². The summed E-state index contributed by atoms with van der Waals surface area (Å²) in [6.45, 7) is 0. The van der Waals surface area contributed by atoms with Gasteiger partial charge in [-0.15, -0.1) is 0 Å². The van der Waals surface area contributed by atoms with Crippen molar-refractivity contribution in [1.82, 2.24) is 5.32 Å². The lowest BCUT2D eigenvalue weighted by atomic mass is 10.2. The van der Waals surface area contributed by atoms with Gasteiger partial charge in [0, 0.05) is 5.69 Å². The first kappa shape index (κ1) is 8.63. The van der Waals surface area contributed by atoms with Crippen molar-refractivity contribution in [3.05, 3.63) is 54.6 Å². The lowest BCUT2D eigenvalue weighted by Gasteiger charge is -2.02. The van der Waals surface area contributed by atoms with Gasteiger partial charge in [0.25, 0.3) is 0 Å². The molecular formula is C12H11N2. The Morgan fingerprint density at radius 1 is 0.714 bits per heavy atom. The van der Waals surface area contributed by atoms with Gasteiger partial charge in [0.1, 0.15) is 0 Å². The zero-order valence-electron chi connectivity index (χ0n) is 7.72. The molecule has 0 saturated heterocycles. The van der Waals surface area contributed by atoms with Gasteiger partial charge in [-0.1, -0.05) is 18.2 Å². The second-order valence-corrected chi connectivity index (χ2v) is 3.04. The van der Waals surface area contributed by atoms with Crippen molar-refractivity contribution >= 4 is 17.1 Å². The molecule has 0 aliphatic heterocycles. The van der Waals surface area contributed by atoms with Crippen LogP contribution in [0.4, 0.5) is 17.1 Å². The molecule has 0 atom stereocenters. The second kappa shape index (κ2) is 3.83. The molecule has 2 rings (SSSR count). The number of nitrogens with two attached hydrogens (primary N) is 1. The average Bonchev–Trinajstić information content (AvgIpc) is 2.23. The second-order valence-electron chi connectivity index (χ2n) is 3.04. The van der Waals surface area contributed by atoms with E-state index >= 15 is 0 Å². The molecular weight excluding hydrogens is 172 g/mol. The fraction of sp³-hybridized carbons (Fsp3) is 0. The number of nitrogen functional groups attached to an aromatic ring is 1. The third kappa shape index (κ3) is 2.04. The van der Waals surface area contributed by atoms with Gasteiger partial charge < -0.3 is 5.73 Å². The number of para-hydroxylation sites is 1. The van der Waals surface area contributed by atoms with Crippen molar-refractivity contribution in [2.75, 3.05) is 5.73 Å². The Hall–Kier alpha value is -1.96. The molecule has 0 fully saturated rings. The summed E-state index contributed by atoms with van der Waals surface area (Å²) in [6.07, 6.45) is 0. The minimum absolute atomic E-state index is 0.761.